The molecule has 1 N–H and O–H groups in total. The van der Waals surface area contributed by atoms with Crippen molar-refractivity contribution >= 4 is 23.2 Å². The molecular weight excluding hydrogens is 290 g/mol. The van der Waals surface area contributed by atoms with Crippen molar-refractivity contribution in [1.82, 2.24) is 0 Å². The Balaban J connectivity index is 1.89. The summed E-state index contributed by atoms with van der Waals surface area (Å²) in [6, 6.07) is 12.5. The van der Waals surface area contributed by atoms with Gasteiger partial charge in [0.25, 0.3) is 5.91 Å². The number of carbonyl (C=O) groups excluding carboxylic acids is 1. The minimum Gasteiger partial charge on any atom is -0.497 e. The average molecular weight is 306 g/mol. The van der Waals surface area contributed by atoms with E-state index in [1.54, 1.807) is 43.5 Å². The van der Waals surface area contributed by atoms with E-state index in [-0.39, 0.29) is 12.5 Å². The van der Waals surface area contributed by atoms with E-state index in [0.717, 1.165) is 11.3 Å². The molecule has 0 radical (unpaired) electrons. The number of methoxy groups -OCH3 is 1. The molecule has 1 amide bonds. The van der Waals surface area contributed by atoms with Gasteiger partial charge in [0, 0.05) is 0 Å². The predicted molar refractivity (Wildman–Crippen MR) is 83.3 cm³/mol. The maximum absolute atomic E-state index is 11.8. The van der Waals surface area contributed by atoms with Crippen LogP contribution in [0.2, 0.25) is 5.02 Å². The van der Waals surface area contributed by atoms with Crippen molar-refractivity contribution in [2.75, 3.05) is 19.0 Å². The van der Waals surface area contributed by atoms with E-state index in [2.05, 4.69) is 5.32 Å². The van der Waals surface area contributed by atoms with E-state index in [1.807, 2.05) is 13.0 Å². The van der Waals surface area contributed by atoms with E-state index in [9.17, 15) is 4.79 Å². The Bertz CT molecular complexity index is 626. The molecule has 110 valence electrons. The van der Waals surface area contributed by atoms with Gasteiger partial charge in [-0.2, -0.15) is 0 Å². The van der Waals surface area contributed by atoms with Crippen LogP contribution in [-0.2, 0) is 4.79 Å². The summed E-state index contributed by atoms with van der Waals surface area (Å²) in [6.07, 6.45) is 0. The van der Waals surface area contributed by atoms with E-state index in [1.165, 1.54) is 0 Å². The molecular formula is C16H16ClNO3. The van der Waals surface area contributed by atoms with E-state index < -0.39 is 0 Å². The first-order chi connectivity index (χ1) is 10.1. The number of benzene rings is 2. The van der Waals surface area contributed by atoms with Crippen LogP contribution < -0.4 is 14.8 Å². The van der Waals surface area contributed by atoms with Crippen LogP contribution in [0.15, 0.2) is 42.5 Å². The van der Waals surface area contributed by atoms with Crippen LogP contribution in [0.4, 0.5) is 5.69 Å². The van der Waals surface area contributed by atoms with Gasteiger partial charge in [0.05, 0.1) is 17.8 Å². The number of anilines is 1. The van der Waals surface area contributed by atoms with Gasteiger partial charge in [-0.15, -0.1) is 0 Å². The van der Waals surface area contributed by atoms with Crippen molar-refractivity contribution in [2.45, 2.75) is 6.92 Å². The molecule has 4 nitrogen and oxygen atoms in total. The van der Waals surface area contributed by atoms with Crippen LogP contribution in [0.25, 0.3) is 0 Å². The fourth-order valence-corrected chi connectivity index (χ4v) is 2.01. The summed E-state index contributed by atoms with van der Waals surface area (Å²) in [6.45, 7) is 1.85. The Labute approximate surface area is 128 Å². The minimum absolute atomic E-state index is 0.0868. The number of hydrogen-bond acceptors (Lipinski definition) is 3. The predicted octanol–water partition coefficient (Wildman–Crippen LogP) is 3.67. The molecule has 0 aromatic heterocycles. The Morgan fingerprint density at radius 2 is 1.81 bits per heavy atom. The van der Waals surface area contributed by atoms with Crippen molar-refractivity contribution in [2.24, 2.45) is 0 Å². The van der Waals surface area contributed by atoms with Gasteiger partial charge in [-0.3, -0.25) is 4.79 Å². The monoisotopic (exact) mass is 305 g/mol. The summed E-state index contributed by atoms with van der Waals surface area (Å²) in [5.74, 6) is 1.07. The summed E-state index contributed by atoms with van der Waals surface area (Å²) in [7, 11) is 1.59. The van der Waals surface area contributed by atoms with Gasteiger partial charge >= 0.3 is 0 Å². The van der Waals surface area contributed by atoms with Crippen LogP contribution in [-0.4, -0.2) is 19.6 Å². The first kappa shape index (κ1) is 15.2. The van der Waals surface area contributed by atoms with E-state index in [4.69, 9.17) is 21.1 Å². The summed E-state index contributed by atoms with van der Waals surface area (Å²) < 4.78 is 10.4. The number of rotatable bonds is 5. The van der Waals surface area contributed by atoms with Crippen molar-refractivity contribution in [3.63, 3.8) is 0 Å². The zero-order valence-corrected chi connectivity index (χ0v) is 12.6. The van der Waals surface area contributed by atoms with Crippen molar-refractivity contribution in [1.29, 1.82) is 0 Å². The second kappa shape index (κ2) is 6.99. The summed E-state index contributed by atoms with van der Waals surface area (Å²) >= 11 is 6.05. The van der Waals surface area contributed by atoms with Crippen molar-refractivity contribution in [3.05, 3.63) is 53.1 Å². The lowest BCUT2D eigenvalue weighted by Crippen LogP contribution is -2.20. The van der Waals surface area contributed by atoms with E-state index in [0.29, 0.717) is 16.5 Å². The number of aryl methyl sites for hydroxylation is 1. The third-order valence-corrected chi connectivity index (χ3v) is 3.14. The summed E-state index contributed by atoms with van der Waals surface area (Å²) in [4.78, 5) is 11.8. The van der Waals surface area contributed by atoms with Gasteiger partial charge in [0.15, 0.2) is 6.61 Å². The molecule has 0 fully saturated rings. The first-order valence-electron chi connectivity index (χ1n) is 6.41. The first-order valence-corrected chi connectivity index (χ1v) is 6.79. The molecule has 0 heterocycles. The second-order valence-corrected chi connectivity index (χ2v) is 4.90. The number of carbonyl (C=O) groups is 1. The Morgan fingerprint density at radius 3 is 2.43 bits per heavy atom. The van der Waals surface area contributed by atoms with Crippen molar-refractivity contribution in [3.8, 4) is 11.5 Å². The van der Waals surface area contributed by atoms with Gasteiger partial charge in [-0.05, 0) is 48.9 Å². The maximum Gasteiger partial charge on any atom is 0.262 e. The van der Waals surface area contributed by atoms with Crippen LogP contribution >= 0.6 is 11.6 Å². The summed E-state index contributed by atoms with van der Waals surface area (Å²) in [5, 5.41) is 3.22. The number of halogens is 1. The zero-order chi connectivity index (χ0) is 15.2. The Hall–Kier alpha value is -2.20. The normalized spacial score (nSPS) is 10.0. The quantitative estimate of drug-likeness (QED) is 0.916. The lowest BCUT2D eigenvalue weighted by molar-refractivity contribution is -0.118. The molecule has 2 aromatic carbocycles. The topological polar surface area (TPSA) is 47.6 Å². The third-order valence-electron chi connectivity index (χ3n) is 2.83. The number of hydrogen-bond donors (Lipinski definition) is 1. The largest absolute Gasteiger partial charge is 0.497 e. The Morgan fingerprint density at radius 1 is 1.14 bits per heavy atom. The average Bonchev–Trinajstić information content (AvgIpc) is 2.48. The smallest absolute Gasteiger partial charge is 0.262 e. The fraction of sp³-hybridized carbons (Fsp3) is 0.188. The molecule has 0 bridgehead atoms. The zero-order valence-electron chi connectivity index (χ0n) is 11.9. The van der Waals surface area contributed by atoms with Crippen LogP contribution in [0.1, 0.15) is 5.56 Å². The lowest BCUT2D eigenvalue weighted by Gasteiger charge is -2.09. The van der Waals surface area contributed by atoms with Gasteiger partial charge < -0.3 is 14.8 Å². The molecule has 0 unspecified atom stereocenters. The number of amides is 1. The van der Waals surface area contributed by atoms with Gasteiger partial charge in [-0.1, -0.05) is 17.7 Å². The highest BCUT2D eigenvalue weighted by atomic mass is 35.5. The maximum atomic E-state index is 11.8. The molecule has 0 aliphatic rings. The molecule has 0 atom stereocenters. The highest BCUT2D eigenvalue weighted by molar-refractivity contribution is 6.33. The highest BCUT2D eigenvalue weighted by Gasteiger charge is 2.07. The lowest BCUT2D eigenvalue weighted by atomic mass is 10.2. The molecule has 0 saturated heterocycles. The Kier molecular flexibility index (Phi) is 5.06. The molecule has 0 aliphatic carbocycles. The second-order valence-electron chi connectivity index (χ2n) is 4.50. The molecule has 2 rings (SSSR count). The molecule has 21 heavy (non-hydrogen) atoms. The molecule has 5 heteroatoms. The fourth-order valence-electron chi connectivity index (χ4n) is 1.73. The number of nitrogens with one attached hydrogen (secondary N) is 1. The number of ether oxygens (including phenoxy) is 2. The molecule has 0 saturated carbocycles. The third kappa shape index (κ3) is 4.39. The van der Waals surface area contributed by atoms with Gasteiger partial charge in [0.1, 0.15) is 11.5 Å². The molecule has 0 spiro atoms. The van der Waals surface area contributed by atoms with Crippen LogP contribution in [0.3, 0.4) is 0 Å². The van der Waals surface area contributed by atoms with Crippen molar-refractivity contribution < 1.29 is 14.3 Å². The molecule has 2 aromatic rings. The summed E-state index contributed by atoms with van der Waals surface area (Å²) in [5.41, 5.74) is 1.61. The molecule has 0 aliphatic heterocycles. The van der Waals surface area contributed by atoms with Crippen LogP contribution in [0.5, 0.6) is 11.5 Å². The minimum atomic E-state index is -0.267. The van der Waals surface area contributed by atoms with Gasteiger partial charge in [-0.25, -0.2) is 0 Å². The van der Waals surface area contributed by atoms with E-state index >= 15 is 0 Å². The standard InChI is InChI=1S/C16H16ClNO3/c1-11-3-8-15(14(17)9-11)18-16(19)10-21-13-6-4-12(20-2)5-7-13/h3-9H,10H2,1-2H3,(H,18,19). The SMILES string of the molecule is COc1ccc(OCC(=O)Nc2ccc(C)cc2Cl)cc1. The van der Waals surface area contributed by atoms with Gasteiger partial charge in [0.2, 0.25) is 0 Å². The highest BCUT2D eigenvalue weighted by Crippen LogP contribution is 2.22. The van der Waals surface area contributed by atoms with Crippen LogP contribution in [0, 0.1) is 6.92 Å².